The zero-order chi connectivity index (χ0) is 14.8. The van der Waals surface area contributed by atoms with Crippen LogP contribution in [0.15, 0.2) is 46.3 Å². The van der Waals surface area contributed by atoms with Crippen LogP contribution in [0.4, 0.5) is 0 Å². The third-order valence-corrected chi connectivity index (χ3v) is 3.09. The molecule has 106 valence electrons. The number of rotatable bonds is 3. The van der Waals surface area contributed by atoms with Gasteiger partial charge in [0.25, 0.3) is 5.56 Å². The van der Waals surface area contributed by atoms with E-state index in [4.69, 9.17) is 4.42 Å². The maximum atomic E-state index is 12.4. The second kappa shape index (κ2) is 5.20. The van der Waals surface area contributed by atoms with Crippen molar-refractivity contribution in [3.8, 4) is 0 Å². The average molecular weight is 285 g/mol. The Balaban J connectivity index is 2.03. The van der Waals surface area contributed by atoms with Crippen molar-refractivity contribution in [3.05, 3.63) is 58.8 Å². The quantitative estimate of drug-likeness (QED) is 0.672. The second-order valence-corrected chi connectivity index (χ2v) is 4.34. The Morgan fingerprint density at radius 1 is 1.43 bits per heavy atom. The van der Waals surface area contributed by atoms with Gasteiger partial charge in [-0.2, -0.15) is 0 Å². The molecular weight excluding hydrogens is 274 g/mol. The molecular formula is C14H11N3O4. The van der Waals surface area contributed by atoms with Crippen molar-refractivity contribution in [2.75, 3.05) is 7.11 Å². The summed E-state index contributed by atoms with van der Waals surface area (Å²) in [5.74, 6) is -0.500. The zero-order valence-electron chi connectivity index (χ0n) is 11.1. The van der Waals surface area contributed by atoms with Crippen molar-refractivity contribution in [3.63, 3.8) is 0 Å². The molecule has 0 bridgehead atoms. The SMILES string of the molecule is COC(=O)c1occc1Cn1cnc2cnccc2c1=O. The molecule has 0 amide bonds. The van der Waals surface area contributed by atoms with Crippen LogP contribution in [0.3, 0.4) is 0 Å². The standard InChI is InChI=1S/C14H11N3O4/c1-20-14(19)12-9(3-5-21-12)7-17-8-16-11-6-15-4-2-10(11)13(17)18/h2-6,8H,7H2,1H3. The van der Waals surface area contributed by atoms with E-state index in [9.17, 15) is 9.59 Å². The van der Waals surface area contributed by atoms with Gasteiger partial charge in [-0.25, -0.2) is 9.78 Å². The van der Waals surface area contributed by atoms with E-state index < -0.39 is 5.97 Å². The molecule has 0 fully saturated rings. The lowest BCUT2D eigenvalue weighted by Gasteiger charge is -2.06. The lowest BCUT2D eigenvalue weighted by molar-refractivity contribution is 0.0563. The molecule has 0 saturated heterocycles. The number of pyridine rings is 1. The van der Waals surface area contributed by atoms with Crippen LogP contribution in [0, 0.1) is 0 Å². The minimum atomic E-state index is -0.582. The minimum absolute atomic E-state index is 0.0826. The summed E-state index contributed by atoms with van der Waals surface area (Å²) in [6.07, 6.45) is 5.86. The molecule has 3 aromatic rings. The lowest BCUT2D eigenvalue weighted by atomic mass is 10.2. The van der Waals surface area contributed by atoms with Crippen molar-refractivity contribution in [2.24, 2.45) is 0 Å². The molecule has 0 aliphatic heterocycles. The molecule has 0 atom stereocenters. The van der Waals surface area contributed by atoms with Crippen LogP contribution in [-0.4, -0.2) is 27.6 Å². The molecule has 0 aliphatic rings. The zero-order valence-corrected chi connectivity index (χ0v) is 11.1. The summed E-state index contributed by atoms with van der Waals surface area (Å²) in [5.41, 5.74) is 0.873. The summed E-state index contributed by atoms with van der Waals surface area (Å²) < 4.78 is 11.1. The highest BCUT2D eigenvalue weighted by Gasteiger charge is 2.16. The number of hydrogen-bond donors (Lipinski definition) is 0. The molecule has 0 unspecified atom stereocenters. The molecule has 0 saturated carbocycles. The molecule has 21 heavy (non-hydrogen) atoms. The van der Waals surface area contributed by atoms with Crippen molar-refractivity contribution >= 4 is 16.9 Å². The third kappa shape index (κ3) is 2.29. The van der Waals surface area contributed by atoms with Crippen molar-refractivity contribution in [2.45, 2.75) is 6.54 Å². The number of methoxy groups -OCH3 is 1. The number of carbonyl (C=O) groups excluding carboxylic acids is 1. The van der Waals surface area contributed by atoms with E-state index in [1.165, 1.54) is 36.7 Å². The maximum Gasteiger partial charge on any atom is 0.374 e. The van der Waals surface area contributed by atoms with Crippen LogP contribution < -0.4 is 5.56 Å². The number of esters is 1. The van der Waals surface area contributed by atoms with Gasteiger partial charge in [0.2, 0.25) is 5.76 Å². The van der Waals surface area contributed by atoms with Gasteiger partial charge in [0.15, 0.2) is 0 Å². The number of hydrogen-bond acceptors (Lipinski definition) is 6. The minimum Gasteiger partial charge on any atom is -0.463 e. The smallest absolute Gasteiger partial charge is 0.374 e. The Labute approximate surface area is 118 Å². The molecule has 0 aromatic carbocycles. The van der Waals surface area contributed by atoms with Gasteiger partial charge in [-0.1, -0.05) is 0 Å². The Morgan fingerprint density at radius 3 is 3.10 bits per heavy atom. The van der Waals surface area contributed by atoms with Gasteiger partial charge in [0, 0.05) is 11.8 Å². The fraction of sp³-hybridized carbons (Fsp3) is 0.143. The number of nitrogens with zero attached hydrogens (tertiary/aromatic N) is 3. The fourth-order valence-electron chi connectivity index (χ4n) is 2.04. The van der Waals surface area contributed by atoms with Gasteiger partial charge in [-0.05, 0) is 12.1 Å². The van der Waals surface area contributed by atoms with Gasteiger partial charge in [0.1, 0.15) is 0 Å². The molecule has 0 spiro atoms. The predicted octanol–water partition coefficient (Wildman–Crippen LogP) is 1.22. The Morgan fingerprint density at radius 2 is 2.29 bits per heavy atom. The van der Waals surface area contributed by atoms with Crippen molar-refractivity contribution < 1.29 is 13.9 Å². The highest BCUT2D eigenvalue weighted by molar-refractivity contribution is 5.87. The first-order valence-electron chi connectivity index (χ1n) is 6.14. The molecule has 0 radical (unpaired) electrons. The van der Waals surface area contributed by atoms with Gasteiger partial charge < -0.3 is 9.15 Å². The summed E-state index contributed by atoms with van der Waals surface area (Å²) in [5, 5.41) is 0.468. The Hall–Kier alpha value is -2.96. The summed E-state index contributed by atoms with van der Waals surface area (Å²) in [6, 6.07) is 3.23. The molecule has 3 heterocycles. The van der Waals surface area contributed by atoms with E-state index in [1.807, 2.05) is 0 Å². The van der Waals surface area contributed by atoms with Gasteiger partial charge in [-0.3, -0.25) is 14.3 Å². The molecule has 3 rings (SSSR count). The van der Waals surface area contributed by atoms with E-state index in [0.717, 1.165) is 0 Å². The number of furan rings is 1. The van der Waals surface area contributed by atoms with Gasteiger partial charge >= 0.3 is 5.97 Å². The first-order valence-corrected chi connectivity index (χ1v) is 6.14. The first kappa shape index (κ1) is 13.0. The highest BCUT2D eigenvalue weighted by Crippen LogP contribution is 2.13. The molecule has 7 heteroatoms. The third-order valence-electron chi connectivity index (χ3n) is 3.09. The fourth-order valence-corrected chi connectivity index (χ4v) is 2.04. The maximum absolute atomic E-state index is 12.4. The van der Waals surface area contributed by atoms with Crippen LogP contribution in [0.5, 0.6) is 0 Å². The van der Waals surface area contributed by atoms with E-state index in [1.54, 1.807) is 12.1 Å². The topological polar surface area (TPSA) is 87.2 Å². The Bertz CT molecular complexity index is 866. The number of aromatic nitrogens is 3. The lowest BCUT2D eigenvalue weighted by Crippen LogP contribution is -2.22. The van der Waals surface area contributed by atoms with Crippen LogP contribution in [0.2, 0.25) is 0 Å². The predicted molar refractivity (Wildman–Crippen MR) is 72.9 cm³/mol. The van der Waals surface area contributed by atoms with Crippen LogP contribution >= 0.6 is 0 Å². The van der Waals surface area contributed by atoms with E-state index in [-0.39, 0.29) is 17.9 Å². The number of carbonyl (C=O) groups is 1. The number of fused-ring (bicyclic) bond motifs is 1. The second-order valence-electron chi connectivity index (χ2n) is 4.34. The largest absolute Gasteiger partial charge is 0.463 e. The first-order chi connectivity index (χ1) is 10.2. The monoisotopic (exact) mass is 285 g/mol. The van der Waals surface area contributed by atoms with E-state index >= 15 is 0 Å². The summed E-state index contributed by atoms with van der Waals surface area (Å²) in [4.78, 5) is 32.0. The molecule has 3 aromatic heterocycles. The van der Waals surface area contributed by atoms with Gasteiger partial charge in [-0.15, -0.1) is 0 Å². The molecule has 0 N–H and O–H groups in total. The summed E-state index contributed by atoms with van der Waals surface area (Å²) in [7, 11) is 1.27. The molecule has 0 aliphatic carbocycles. The van der Waals surface area contributed by atoms with Crippen molar-refractivity contribution in [1.29, 1.82) is 0 Å². The highest BCUT2D eigenvalue weighted by atomic mass is 16.5. The summed E-state index contributed by atoms with van der Waals surface area (Å²) in [6.45, 7) is 0.172. The number of ether oxygens (including phenoxy) is 1. The van der Waals surface area contributed by atoms with Crippen LogP contribution in [0.1, 0.15) is 16.1 Å². The van der Waals surface area contributed by atoms with Crippen LogP contribution in [-0.2, 0) is 11.3 Å². The van der Waals surface area contributed by atoms with Gasteiger partial charge in [0.05, 0.1) is 43.3 Å². The van der Waals surface area contributed by atoms with Crippen LogP contribution in [0.25, 0.3) is 10.9 Å². The van der Waals surface area contributed by atoms with E-state index in [0.29, 0.717) is 16.5 Å². The van der Waals surface area contributed by atoms with E-state index in [2.05, 4.69) is 14.7 Å². The molecule has 7 nitrogen and oxygen atoms in total. The summed E-state index contributed by atoms with van der Waals surface area (Å²) >= 11 is 0. The normalized spacial score (nSPS) is 10.7. The van der Waals surface area contributed by atoms with Crippen molar-refractivity contribution in [1.82, 2.24) is 14.5 Å². The average Bonchev–Trinajstić information content (AvgIpc) is 2.98. The Kier molecular flexibility index (Phi) is 3.23.